The van der Waals surface area contributed by atoms with Crippen molar-refractivity contribution < 1.29 is 27.5 Å². The Kier molecular flexibility index (Phi) is 5.96. The van der Waals surface area contributed by atoms with E-state index in [1.165, 1.54) is 0 Å². The normalized spacial score (nSPS) is 12.5. The maximum atomic E-state index is 12.6. The van der Waals surface area contributed by atoms with Crippen LogP contribution in [0.1, 0.15) is 28.4 Å². The number of alkyl halides is 3. The van der Waals surface area contributed by atoms with E-state index in [1.54, 1.807) is 37.3 Å². The van der Waals surface area contributed by atoms with Crippen molar-refractivity contribution in [3.05, 3.63) is 71.3 Å². The van der Waals surface area contributed by atoms with Gasteiger partial charge in [0.2, 0.25) is 0 Å². The third-order valence-corrected chi connectivity index (χ3v) is 3.67. The number of ketones is 1. The molecule has 2 aromatic carbocycles. The molecule has 0 unspecified atom stereocenters. The van der Waals surface area contributed by atoms with Gasteiger partial charge in [-0.05, 0) is 31.0 Å². The van der Waals surface area contributed by atoms with Gasteiger partial charge in [0.05, 0.1) is 12.2 Å². The predicted octanol–water partition coefficient (Wildman–Crippen LogP) is 4.31. The summed E-state index contributed by atoms with van der Waals surface area (Å²) in [6.07, 6.45) is -4.36. The quantitative estimate of drug-likeness (QED) is 0.443. The maximum Gasteiger partial charge on any atom is 0.416 e. The molecule has 0 aliphatic carbocycles. The molecule has 132 valence electrons. The Hall–Kier alpha value is -2.63. The highest BCUT2D eigenvalue weighted by atomic mass is 19.4. The van der Waals surface area contributed by atoms with Crippen molar-refractivity contribution in [3.8, 4) is 0 Å². The van der Waals surface area contributed by atoms with Crippen molar-refractivity contribution in [2.75, 3.05) is 6.61 Å². The molecule has 1 atom stereocenters. The first-order valence-corrected chi connectivity index (χ1v) is 7.75. The van der Waals surface area contributed by atoms with Crippen LogP contribution in [0, 0.1) is 5.92 Å². The number of rotatable bonds is 6. The fourth-order valence-corrected chi connectivity index (χ4v) is 2.40. The van der Waals surface area contributed by atoms with Crippen LogP contribution in [0.2, 0.25) is 0 Å². The molecule has 0 saturated carbocycles. The van der Waals surface area contributed by atoms with E-state index in [2.05, 4.69) is 0 Å². The molecular formula is C19H17F3O3. The van der Waals surface area contributed by atoms with Gasteiger partial charge in [0.15, 0.2) is 5.78 Å². The molecule has 6 heteroatoms. The summed E-state index contributed by atoms with van der Waals surface area (Å²) in [7, 11) is 0. The maximum absolute atomic E-state index is 12.6. The summed E-state index contributed by atoms with van der Waals surface area (Å²) < 4.78 is 42.9. The third kappa shape index (κ3) is 4.92. The molecule has 3 nitrogen and oxygen atoms in total. The number of carbonyl (C=O) groups excluding carboxylic acids is 2. The van der Waals surface area contributed by atoms with E-state index >= 15 is 0 Å². The minimum Gasteiger partial charge on any atom is -0.465 e. The molecule has 0 saturated heterocycles. The fourth-order valence-electron chi connectivity index (χ4n) is 2.40. The third-order valence-electron chi connectivity index (χ3n) is 3.67. The number of esters is 1. The Bertz CT molecular complexity index is 722. The van der Waals surface area contributed by atoms with E-state index in [0.717, 1.165) is 29.8 Å². The van der Waals surface area contributed by atoms with Gasteiger partial charge in [-0.15, -0.1) is 0 Å². The van der Waals surface area contributed by atoms with Gasteiger partial charge >= 0.3 is 12.1 Å². The Morgan fingerprint density at radius 1 is 1.00 bits per heavy atom. The molecule has 0 bridgehead atoms. The largest absolute Gasteiger partial charge is 0.465 e. The first-order valence-electron chi connectivity index (χ1n) is 7.75. The minimum absolute atomic E-state index is 0.0435. The standard InChI is InChI=1S/C19H17F3O3/c1-2-25-18(24)16(12-13-6-4-3-5-7-13)17(23)14-8-10-15(11-9-14)19(20,21)22/h3-11,16H,2,12H2,1H3/t16-/m1/s1. The molecule has 2 rings (SSSR count). The molecule has 0 aromatic heterocycles. The minimum atomic E-state index is -4.48. The van der Waals surface area contributed by atoms with Crippen LogP contribution >= 0.6 is 0 Å². The smallest absolute Gasteiger partial charge is 0.416 e. The summed E-state index contributed by atoms with van der Waals surface area (Å²) in [5.74, 6) is -2.34. The highest BCUT2D eigenvalue weighted by molar-refractivity contribution is 6.08. The number of benzene rings is 2. The zero-order chi connectivity index (χ0) is 18.4. The second-order valence-corrected chi connectivity index (χ2v) is 5.43. The average Bonchev–Trinajstić information content (AvgIpc) is 2.59. The second kappa shape index (κ2) is 7.96. The van der Waals surface area contributed by atoms with Crippen molar-refractivity contribution in [2.45, 2.75) is 19.5 Å². The highest BCUT2D eigenvalue weighted by Crippen LogP contribution is 2.29. The van der Waals surface area contributed by atoms with Crippen LogP contribution in [0.4, 0.5) is 13.2 Å². The van der Waals surface area contributed by atoms with E-state index in [1.807, 2.05) is 0 Å². The monoisotopic (exact) mass is 350 g/mol. The molecule has 0 fully saturated rings. The van der Waals surface area contributed by atoms with E-state index in [0.29, 0.717) is 0 Å². The topological polar surface area (TPSA) is 43.4 Å². The molecular weight excluding hydrogens is 333 g/mol. The number of halogens is 3. The van der Waals surface area contributed by atoms with E-state index in [9.17, 15) is 22.8 Å². The fraction of sp³-hybridized carbons (Fsp3) is 0.263. The van der Waals surface area contributed by atoms with Crippen molar-refractivity contribution in [1.82, 2.24) is 0 Å². The van der Waals surface area contributed by atoms with Crippen molar-refractivity contribution >= 4 is 11.8 Å². The zero-order valence-corrected chi connectivity index (χ0v) is 13.5. The highest BCUT2D eigenvalue weighted by Gasteiger charge is 2.32. The lowest BCUT2D eigenvalue weighted by atomic mass is 9.91. The number of Topliss-reactive ketones (excluding diaryl/α,β-unsaturated/α-hetero) is 1. The lowest BCUT2D eigenvalue weighted by molar-refractivity contribution is -0.146. The van der Waals surface area contributed by atoms with E-state index < -0.39 is 29.4 Å². The first kappa shape index (κ1) is 18.7. The molecule has 0 aliphatic rings. The van der Waals surface area contributed by atoms with Crippen LogP contribution in [-0.4, -0.2) is 18.4 Å². The molecule has 0 heterocycles. The molecule has 0 aliphatic heterocycles. The van der Waals surface area contributed by atoms with Crippen LogP contribution < -0.4 is 0 Å². The summed E-state index contributed by atoms with van der Waals surface area (Å²) in [6, 6.07) is 12.7. The van der Waals surface area contributed by atoms with Crippen LogP contribution in [0.15, 0.2) is 54.6 Å². The van der Waals surface area contributed by atoms with E-state index in [4.69, 9.17) is 4.74 Å². The molecule has 0 spiro atoms. The summed E-state index contributed by atoms with van der Waals surface area (Å²) in [4.78, 5) is 24.8. The summed E-state index contributed by atoms with van der Waals surface area (Å²) in [5, 5.41) is 0. The van der Waals surface area contributed by atoms with Gasteiger partial charge in [0.25, 0.3) is 0 Å². The Labute approximate surface area is 143 Å². The Morgan fingerprint density at radius 3 is 2.12 bits per heavy atom. The van der Waals surface area contributed by atoms with Gasteiger partial charge in [0, 0.05) is 5.56 Å². The summed E-state index contributed by atoms with van der Waals surface area (Å²) in [5.41, 5.74) is -0.0393. The molecule has 25 heavy (non-hydrogen) atoms. The van der Waals surface area contributed by atoms with Crippen LogP contribution in [0.25, 0.3) is 0 Å². The van der Waals surface area contributed by atoms with Gasteiger partial charge in [-0.3, -0.25) is 9.59 Å². The molecule has 0 radical (unpaired) electrons. The van der Waals surface area contributed by atoms with Crippen molar-refractivity contribution in [1.29, 1.82) is 0 Å². The van der Waals surface area contributed by atoms with E-state index in [-0.39, 0.29) is 18.6 Å². The van der Waals surface area contributed by atoms with Gasteiger partial charge in [-0.25, -0.2) is 0 Å². The van der Waals surface area contributed by atoms with Gasteiger partial charge in [-0.2, -0.15) is 13.2 Å². The number of hydrogen-bond acceptors (Lipinski definition) is 3. The van der Waals surface area contributed by atoms with Gasteiger partial charge in [-0.1, -0.05) is 42.5 Å². The lowest BCUT2D eigenvalue weighted by Gasteiger charge is -2.15. The van der Waals surface area contributed by atoms with Crippen molar-refractivity contribution in [2.24, 2.45) is 5.92 Å². The SMILES string of the molecule is CCOC(=O)[C@H](Cc1ccccc1)C(=O)c1ccc(C(F)(F)F)cc1. The Balaban J connectivity index is 2.26. The number of carbonyl (C=O) groups is 2. The molecule has 2 aromatic rings. The van der Waals surface area contributed by atoms with Crippen LogP contribution in [0.3, 0.4) is 0 Å². The van der Waals surface area contributed by atoms with Crippen molar-refractivity contribution in [3.63, 3.8) is 0 Å². The average molecular weight is 350 g/mol. The van der Waals surface area contributed by atoms with Gasteiger partial charge < -0.3 is 4.74 Å². The predicted molar refractivity (Wildman–Crippen MR) is 86.0 cm³/mol. The van der Waals surface area contributed by atoms with Gasteiger partial charge in [0.1, 0.15) is 5.92 Å². The summed E-state index contributed by atoms with van der Waals surface area (Å²) >= 11 is 0. The number of hydrogen-bond donors (Lipinski definition) is 0. The molecule has 0 amide bonds. The van der Waals surface area contributed by atoms with Crippen LogP contribution in [0.5, 0.6) is 0 Å². The lowest BCUT2D eigenvalue weighted by Crippen LogP contribution is -2.28. The Morgan fingerprint density at radius 2 is 1.60 bits per heavy atom. The number of ether oxygens (including phenoxy) is 1. The second-order valence-electron chi connectivity index (χ2n) is 5.43. The first-order chi connectivity index (χ1) is 11.8. The molecule has 0 N–H and O–H groups in total. The summed E-state index contributed by atoms with van der Waals surface area (Å²) in [6.45, 7) is 1.74. The zero-order valence-electron chi connectivity index (χ0n) is 13.5. The van der Waals surface area contributed by atoms with Crippen LogP contribution in [-0.2, 0) is 22.1 Å².